The van der Waals surface area contributed by atoms with Crippen molar-refractivity contribution < 1.29 is 19.7 Å². The smallest absolute Gasteiger partial charge is 0.245 e. The van der Waals surface area contributed by atoms with Gasteiger partial charge in [0.1, 0.15) is 12.7 Å². The molecule has 0 radical (unpaired) electrons. The van der Waals surface area contributed by atoms with Crippen LogP contribution in [0.1, 0.15) is 6.92 Å². The number of hydrogen-bond acceptors (Lipinski definition) is 4. The summed E-state index contributed by atoms with van der Waals surface area (Å²) >= 11 is 0. The molecule has 0 aliphatic carbocycles. The van der Waals surface area contributed by atoms with Crippen LogP contribution in [-0.4, -0.2) is 42.2 Å². The fraction of sp³-hybridized carbons (Fsp3) is 0.833. The maximum Gasteiger partial charge on any atom is 0.245 e. The Morgan fingerprint density at radius 3 is 2.55 bits per heavy atom. The van der Waals surface area contributed by atoms with Gasteiger partial charge in [0.05, 0.1) is 0 Å². The zero-order valence-corrected chi connectivity index (χ0v) is 6.57. The van der Waals surface area contributed by atoms with Crippen LogP contribution in [0.15, 0.2) is 0 Å². The van der Waals surface area contributed by atoms with Gasteiger partial charge in [-0.25, -0.2) is 0 Å². The molecule has 5 nitrogen and oxygen atoms in total. The van der Waals surface area contributed by atoms with Crippen molar-refractivity contribution in [1.29, 1.82) is 0 Å². The Balaban J connectivity index is 3.45. The largest absolute Gasteiger partial charge is 0.366 e. The molecule has 0 rings (SSSR count). The highest BCUT2D eigenvalue weighted by Gasteiger charge is 2.11. The summed E-state index contributed by atoms with van der Waals surface area (Å²) in [5.74, 6) is -0.294. The number of hydrogen-bond donors (Lipinski definition) is 3. The molecule has 0 unspecified atom stereocenters. The number of ether oxygens (including phenoxy) is 1. The topological polar surface area (TPSA) is 78.8 Å². The molecular weight excluding hydrogens is 150 g/mol. The number of carbonyl (C=O) groups is 1. The summed E-state index contributed by atoms with van der Waals surface area (Å²) in [6, 6.07) is 0. The molecule has 0 aliphatic heterocycles. The minimum Gasteiger partial charge on any atom is -0.366 e. The molecule has 3 N–H and O–H groups in total. The number of aliphatic hydroxyl groups is 2. The lowest BCUT2D eigenvalue weighted by Gasteiger charge is -2.13. The zero-order chi connectivity index (χ0) is 8.85. The van der Waals surface area contributed by atoms with Gasteiger partial charge in [-0.2, -0.15) is 0 Å². The molecule has 0 bridgehead atoms. The van der Waals surface area contributed by atoms with E-state index in [2.05, 4.69) is 5.32 Å². The molecule has 0 aromatic carbocycles. The molecule has 5 heteroatoms. The van der Waals surface area contributed by atoms with Crippen molar-refractivity contribution in [3.05, 3.63) is 0 Å². The summed E-state index contributed by atoms with van der Waals surface area (Å²) in [7, 11) is 1.48. The van der Waals surface area contributed by atoms with Gasteiger partial charge in [-0.05, 0) is 6.92 Å². The molecule has 1 atom stereocenters. The lowest BCUT2D eigenvalue weighted by Crippen LogP contribution is -2.31. The van der Waals surface area contributed by atoms with E-state index in [-0.39, 0.29) is 12.5 Å². The monoisotopic (exact) mass is 163 g/mol. The Hall–Kier alpha value is -0.650. The van der Waals surface area contributed by atoms with Crippen LogP contribution < -0.4 is 5.32 Å². The van der Waals surface area contributed by atoms with Crippen molar-refractivity contribution in [2.45, 2.75) is 19.3 Å². The second-order valence-electron chi connectivity index (χ2n) is 2.10. The van der Waals surface area contributed by atoms with Crippen LogP contribution in [0.5, 0.6) is 0 Å². The molecule has 0 aromatic rings. The van der Waals surface area contributed by atoms with Gasteiger partial charge in [-0.3, -0.25) is 4.79 Å². The third-order valence-corrected chi connectivity index (χ3v) is 1.18. The third kappa shape index (κ3) is 4.72. The van der Waals surface area contributed by atoms with Gasteiger partial charge in [-0.1, -0.05) is 0 Å². The van der Waals surface area contributed by atoms with Gasteiger partial charge in [0.2, 0.25) is 5.91 Å². The van der Waals surface area contributed by atoms with E-state index in [4.69, 9.17) is 14.9 Å². The number of rotatable bonds is 4. The first-order chi connectivity index (χ1) is 5.07. The molecule has 0 aromatic heterocycles. The van der Waals surface area contributed by atoms with Gasteiger partial charge in [-0.15, -0.1) is 0 Å². The first-order valence-electron chi connectivity index (χ1n) is 3.26. The fourth-order valence-electron chi connectivity index (χ4n) is 0.365. The number of carbonyl (C=O) groups excluding carboxylic acids is 1. The first kappa shape index (κ1) is 10.3. The number of amides is 1. The molecule has 0 spiro atoms. The minimum atomic E-state index is -1.54. The van der Waals surface area contributed by atoms with Gasteiger partial charge < -0.3 is 20.3 Å². The molecule has 0 aliphatic rings. The Kier molecular flexibility index (Phi) is 4.76. The Morgan fingerprint density at radius 1 is 1.64 bits per heavy atom. The molecule has 0 fully saturated rings. The van der Waals surface area contributed by atoms with Crippen LogP contribution in [0, 0.1) is 0 Å². The fourth-order valence-corrected chi connectivity index (χ4v) is 0.365. The van der Waals surface area contributed by atoms with Crippen molar-refractivity contribution in [1.82, 2.24) is 5.32 Å². The average molecular weight is 163 g/mol. The molecule has 1 amide bonds. The summed E-state index contributed by atoms with van der Waals surface area (Å²) in [5, 5.41) is 19.3. The maximum atomic E-state index is 10.5. The highest BCUT2D eigenvalue weighted by Crippen LogP contribution is 1.93. The van der Waals surface area contributed by atoms with E-state index in [0.717, 1.165) is 0 Å². The van der Waals surface area contributed by atoms with E-state index in [1.54, 1.807) is 0 Å². The molecule has 0 saturated heterocycles. The van der Waals surface area contributed by atoms with Crippen molar-refractivity contribution in [2.75, 3.05) is 13.7 Å². The van der Waals surface area contributed by atoms with Crippen LogP contribution in [0.2, 0.25) is 0 Å². The summed E-state index contributed by atoms with van der Waals surface area (Å²) in [4.78, 5) is 10.5. The van der Waals surface area contributed by atoms with Crippen LogP contribution in [0.4, 0.5) is 0 Å². The SMILES string of the molecule is CNC(=O)CO[C@@H](C)C(O)O. The Labute approximate surface area is 65.0 Å². The predicted molar refractivity (Wildman–Crippen MR) is 37.7 cm³/mol. The molecule has 66 valence electrons. The molecule has 0 saturated carbocycles. The third-order valence-electron chi connectivity index (χ3n) is 1.18. The quantitative estimate of drug-likeness (QED) is 0.438. The van der Waals surface area contributed by atoms with Gasteiger partial charge in [0.25, 0.3) is 0 Å². The van der Waals surface area contributed by atoms with E-state index < -0.39 is 12.4 Å². The van der Waals surface area contributed by atoms with Crippen LogP contribution >= 0.6 is 0 Å². The normalized spacial score (nSPS) is 13.2. The lowest BCUT2D eigenvalue weighted by atomic mass is 10.4. The Bertz CT molecular complexity index is 126. The van der Waals surface area contributed by atoms with E-state index in [9.17, 15) is 4.79 Å². The van der Waals surface area contributed by atoms with Crippen LogP contribution in [0.3, 0.4) is 0 Å². The van der Waals surface area contributed by atoms with Crippen LogP contribution in [0.25, 0.3) is 0 Å². The van der Waals surface area contributed by atoms with Gasteiger partial charge in [0.15, 0.2) is 6.29 Å². The highest BCUT2D eigenvalue weighted by molar-refractivity contribution is 5.76. The average Bonchev–Trinajstić information content (AvgIpc) is 1.99. The zero-order valence-electron chi connectivity index (χ0n) is 6.57. The molecule has 11 heavy (non-hydrogen) atoms. The molecular formula is C6H13NO4. The number of likely N-dealkylation sites (N-methyl/N-ethyl adjacent to an activating group) is 1. The number of aliphatic hydroxyl groups excluding tert-OH is 1. The van der Waals surface area contributed by atoms with Crippen molar-refractivity contribution in [2.24, 2.45) is 0 Å². The van der Waals surface area contributed by atoms with Crippen molar-refractivity contribution >= 4 is 5.91 Å². The predicted octanol–water partition coefficient (Wildman–Crippen LogP) is -1.55. The van der Waals surface area contributed by atoms with Crippen molar-refractivity contribution in [3.8, 4) is 0 Å². The van der Waals surface area contributed by atoms with Gasteiger partial charge in [0, 0.05) is 7.05 Å². The van der Waals surface area contributed by atoms with E-state index in [0.29, 0.717) is 0 Å². The molecule has 0 heterocycles. The summed E-state index contributed by atoms with van der Waals surface area (Å²) in [6.45, 7) is 1.31. The van der Waals surface area contributed by atoms with Crippen LogP contribution in [-0.2, 0) is 9.53 Å². The second-order valence-corrected chi connectivity index (χ2v) is 2.10. The Morgan fingerprint density at radius 2 is 2.18 bits per heavy atom. The second kappa shape index (κ2) is 5.06. The minimum absolute atomic E-state index is 0.157. The standard InChI is InChI=1S/C6H13NO4/c1-4(6(9)10)11-3-5(8)7-2/h4,6,9-10H,3H2,1-2H3,(H,7,8)/t4-/m0/s1. The van der Waals surface area contributed by atoms with Gasteiger partial charge >= 0.3 is 0 Å². The van der Waals surface area contributed by atoms with E-state index >= 15 is 0 Å². The van der Waals surface area contributed by atoms with E-state index in [1.165, 1.54) is 14.0 Å². The summed E-state index contributed by atoms with van der Waals surface area (Å²) in [6.07, 6.45) is -2.29. The summed E-state index contributed by atoms with van der Waals surface area (Å²) < 4.78 is 4.74. The number of nitrogens with one attached hydrogen (secondary N) is 1. The summed E-state index contributed by atoms with van der Waals surface area (Å²) in [5.41, 5.74) is 0. The van der Waals surface area contributed by atoms with E-state index in [1.807, 2.05) is 0 Å². The first-order valence-corrected chi connectivity index (χ1v) is 3.26. The lowest BCUT2D eigenvalue weighted by molar-refractivity contribution is -0.149. The maximum absolute atomic E-state index is 10.5. The highest BCUT2D eigenvalue weighted by atomic mass is 16.6. The van der Waals surface area contributed by atoms with Crippen molar-refractivity contribution in [3.63, 3.8) is 0 Å².